The number of fused-ring (bicyclic) bond motifs is 2. The number of aryl methyl sites for hydroxylation is 2. The van der Waals surface area contributed by atoms with E-state index in [0.29, 0.717) is 0 Å². The fourth-order valence-corrected chi connectivity index (χ4v) is 4.28. The van der Waals surface area contributed by atoms with E-state index >= 15 is 0 Å². The summed E-state index contributed by atoms with van der Waals surface area (Å²) in [6, 6.07) is 16.7. The highest BCUT2D eigenvalue weighted by atomic mass is 79.9. The Hall–Kier alpha value is -1.78. The fourth-order valence-electron chi connectivity index (χ4n) is 3.28. The summed E-state index contributed by atoms with van der Waals surface area (Å²) in [7, 11) is 0. The van der Waals surface area contributed by atoms with Crippen LogP contribution in [0.5, 0.6) is 0 Å². The van der Waals surface area contributed by atoms with E-state index in [1.165, 1.54) is 21.5 Å². The molecule has 0 aliphatic carbocycles. The third-order valence-corrected chi connectivity index (χ3v) is 5.88. The predicted octanol–water partition coefficient (Wildman–Crippen LogP) is 6.48. The van der Waals surface area contributed by atoms with Gasteiger partial charge in [-0.05, 0) is 54.3 Å². The fraction of sp³-hybridized carbons (Fsp3) is 0.143. The van der Waals surface area contributed by atoms with Crippen molar-refractivity contribution in [2.24, 2.45) is 0 Å². The minimum absolute atomic E-state index is 0.944. The molecular formula is C21H16Br2N2. The molecule has 0 amide bonds. The normalized spacial score (nSPS) is 11.3. The number of pyridine rings is 2. The molecule has 0 saturated carbocycles. The van der Waals surface area contributed by atoms with Crippen molar-refractivity contribution in [1.29, 1.82) is 0 Å². The van der Waals surface area contributed by atoms with E-state index < -0.39 is 0 Å². The van der Waals surface area contributed by atoms with Crippen molar-refractivity contribution >= 4 is 53.4 Å². The molecule has 0 atom stereocenters. The highest BCUT2D eigenvalue weighted by Crippen LogP contribution is 2.27. The largest absolute Gasteiger partial charge is 0.261 e. The Morgan fingerprint density at radius 2 is 1.08 bits per heavy atom. The van der Waals surface area contributed by atoms with E-state index in [1.54, 1.807) is 0 Å². The monoisotopic (exact) mass is 454 g/mol. The van der Waals surface area contributed by atoms with Gasteiger partial charge in [-0.3, -0.25) is 9.97 Å². The molecule has 0 bridgehead atoms. The molecule has 2 nitrogen and oxygen atoms in total. The van der Waals surface area contributed by atoms with Crippen LogP contribution in [0, 0.1) is 0 Å². The smallest absolute Gasteiger partial charge is 0.0482 e. The van der Waals surface area contributed by atoms with Gasteiger partial charge in [0.2, 0.25) is 0 Å². The van der Waals surface area contributed by atoms with Crippen molar-refractivity contribution in [2.45, 2.75) is 19.3 Å². The lowest BCUT2D eigenvalue weighted by molar-refractivity contribution is 0.792. The van der Waals surface area contributed by atoms with Crippen LogP contribution in [0.3, 0.4) is 0 Å². The second-order valence-corrected chi connectivity index (χ2v) is 7.75. The first kappa shape index (κ1) is 16.7. The molecule has 0 fully saturated rings. The van der Waals surface area contributed by atoms with Crippen molar-refractivity contribution in [3.8, 4) is 0 Å². The van der Waals surface area contributed by atoms with Gasteiger partial charge in [0.1, 0.15) is 0 Å². The van der Waals surface area contributed by atoms with Gasteiger partial charge in [0, 0.05) is 43.5 Å². The Morgan fingerprint density at radius 1 is 0.600 bits per heavy atom. The first-order chi connectivity index (χ1) is 12.2. The van der Waals surface area contributed by atoms with Crippen molar-refractivity contribution in [3.63, 3.8) is 0 Å². The van der Waals surface area contributed by atoms with Crippen molar-refractivity contribution in [1.82, 2.24) is 9.97 Å². The zero-order valence-electron chi connectivity index (χ0n) is 13.5. The molecule has 4 heteroatoms. The van der Waals surface area contributed by atoms with Crippen LogP contribution >= 0.6 is 31.9 Å². The standard InChI is InChI=1S/C21H16Br2N2/c22-18-6-1-4-16-14(18)10-12-24-20(16)8-3-9-21-17-5-2-7-19(23)15(17)11-13-25-21/h1-2,4-7,10-13H,3,8-9H2. The van der Waals surface area contributed by atoms with E-state index in [1.807, 2.05) is 12.4 Å². The molecule has 124 valence electrons. The van der Waals surface area contributed by atoms with Gasteiger partial charge in [-0.1, -0.05) is 56.1 Å². The number of rotatable bonds is 4. The topological polar surface area (TPSA) is 25.8 Å². The van der Waals surface area contributed by atoms with Gasteiger partial charge in [0.05, 0.1) is 0 Å². The van der Waals surface area contributed by atoms with E-state index in [4.69, 9.17) is 0 Å². The lowest BCUT2D eigenvalue weighted by atomic mass is 10.0. The Labute approximate surface area is 163 Å². The van der Waals surface area contributed by atoms with E-state index in [-0.39, 0.29) is 0 Å². The molecule has 0 spiro atoms. The molecule has 0 radical (unpaired) electrons. The van der Waals surface area contributed by atoms with Crippen molar-refractivity contribution < 1.29 is 0 Å². The molecule has 0 aliphatic heterocycles. The summed E-state index contributed by atoms with van der Waals surface area (Å²) in [6.45, 7) is 0. The van der Waals surface area contributed by atoms with Gasteiger partial charge in [0.15, 0.2) is 0 Å². The molecule has 4 aromatic rings. The summed E-state index contributed by atoms with van der Waals surface area (Å²) < 4.78 is 2.24. The molecule has 2 aromatic heterocycles. The minimum atomic E-state index is 0.944. The number of hydrogen-bond acceptors (Lipinski definition) is 2. The van der Waals surface area contributed by atoms with Gasteiger partial charge in [-0.15, -0.1) is 0 Å². The van der Waals surface area contributed by atoms with Crippen LogP contribution in [-0.2, 0) is 12.8 Å². The maximum Gasteiger partial charge on any atom is 0.0482 e. The number of halogens is 2. The summed E-state index contributed by atoms with van der Waals surface area (Å²) in [5, 5.41) is 4.90. The summed E-state index contributed by atoms with van der Waals surface area (Å²) in [4.78, 5) is 9.21. The summed E-state index contributed by atoms with van der Waals surface area (Å²) >= 11 is 7.26. The third kappa shape index (κ3) is 3.33. The van der Waals surface area contributed by atoms with Crippen LogP contribution in [0.15, 0.2) is 69.9 Å². The predicted molar refractivity (Wildman–Crippen MR) is 111 cm³/mol. The quantitative estimate of drug-likeness (QED) is 0.351. The highest BCUT2D eigenvalue weighted by Gasteiger charge is 2.08. The van der Waals surface area contributed by atoms with Crippen LogP contribution in [0.25, 0.3) is 21.5 Å². The van der Waals surface area contributed by atoms with Crippen molar-refractivity contribution in [3.05, 3.63) is 81.3 Å². The minimum Gasteiger partial charge on any atom is -0.261 e. The summed E-state index contributed by atoms with van der Waals surface area (Å²) in [5.74, 6) is 0. The second kappa shape index (κ2) is 7.22. The lowest BCUT2D eigenvalue weighted by Gasteiger charge is -2.09. The number of benzene rings is 2. The van der Waals surface area contributed by atoms with Gasteiger partial charge in [0.25, 0.3) is 0 Å². The van der Waals surface area contributed by atoms with E-state index in [2.05, 4.69) is 90.4 Å². The SMILES string of the molecule is Brc1cccc2c(CCCc3nccc4c(Br)cccc34)nccc12. The van der Waals surface area contributed by atoms with Gasteiger partial charge in [-0.25, -0.2) is 0 Å². The van der Waals surface area contributed by atoms with Crippen molar-refractivity contribution in [2.75, 3.05) is 0 Å². The Balaban J connectivity index is 1.58. The average molecular weight is 456 g/mol. The van der Waals surface area contributed by atoms with Gasteiger partial charge in [-0.2, -0.15) is 0 Å². The molecule has 0 aliphatic rings. The zero-order valence-corrected chi connectivity index (χ0v) is 16.7. The Morgan fingerprint density at radius 3 is 1.56 bits per heavy atom. The van der Waals surface area contributed by atoms with Crippen LogP contribution in [0.2, 0.25) is 0 Å². The molecule has 25 heavy (non-hydrogen) atoms. The van der Waals surface area contributed by atoms with Crippen LogP contribution in [-0.4, -0.2) is 9.97 Å². The maximum atomic E-state index is 4.61. The molecule has 4 rings (SSSR count). The third-order valence-electron chi connectivity index (χ3n) is 4.50. The second-order valence-electron chi connectivity index (χ2n) is 6.04. The first-order valence-corrected chi connectivity index (χ1v) is 9.87. The molecular weight excluding hydrogens is 440 g/mol. The maximum absolute atomic E-state index is 4.61. The lowest BCUT2D eigenvalue weighted by Crippen LogP contribution is -1.97. The molecule has 2 aromatic carbocycles. The molecule has 0 N–H and O–H groups in total. The highest BCUT2D eigenvalue weighted by molar-refractivity contribution is 9.11. The Bertz CT molecular complexity index is 975. The van der Waals surface area contributed by atoms with E-state index in [9.17, 15) is 0 Å². The number of hydrogen-bond donors (Lipinski definition) is 0. The van der Waals surface area contributed by atoms with Crippen LogP contribution in [0.1, 0.15) is 17.8 Å². The Kier molecular flexibility index (Phi) is 4.82. The average Bonchev–Trinajstić information content (AvgIpc) is 2.63. The zero-order chi connectivity index (χ0) is 17.2. The number of aromatic nitrogens is 2. The van der Waals surface area contributed by atoms with Gasteiger partial charge < -0.3 is 0 Å². The van der Waals surface area contributed by atoms with Gasteiger partial charge >= 0.3 is 0 Å². The molecule has 2 heterocycles. The summed E-state index contributed by atoms with van der Waals surface area (Å²) in [5.41, 5.74) is 2.31. The first-order valence-electron chi connectivity index (χ1n) is 8.28. The van der Waals surface area contributed by atoms with Crippen LogP contribution in [0.4, 0.5) is 0 Å². The molecule has 0 saturated heterocycles. The molecule has 0 unspecified atom stereocenters. The van der Waals surface area contributed by atoms with Crippen LogP contribution < -0.4 is 0 Å². The van der Waals surface area contributed by atoms with E-state index in [0.717, 1.165) is 39.6 Å². The number of nitrogens with zero attached hydrogens (tertiary/aromatic N) is 2. The summed E-state index contributed by atoms with van der Waals surface area (Å²) in [6.07, 6.45) is 6.71.